The first-order chi connectivity index (χ1) is 8.66. The highest BCUT2D eigenvalue weighted by molar-refractivity contribution is 5.12. The van der Waals surface area contributed by atoms with Gasteiger partial charge in [-0.05, 0) is 20.3 Å². The molecule has 0 aromatic rings. The molecule has 0 N–H and O–H groups in total. The van der Waals surface area contributed by atoms with E-state index >= 15 is 0 Å². The van der Waals surface area contributed by atoms with Crippen LogP contribution in [-0.2, 0) is 0 Å². The first-order valence-corrected chi connectivity index (χ1v) is 7.80. The summed E-state index contributed by atoms with van der Waals surface area (Å²) in [5.41, 5.74) is 2.91. The van der Waals surface area contributed by atoms with Gasteiger partial charge >= 0.3 is 0 Å². The van der Waals surface area contributed by atoms with Crippen molar-refractivity contribution < 1.29 is 0 Å². The van der Waals surface area contributed by atoms with Crippen molar-refractivity contribution in [3.63, 3.8) is 0 Å². The molecule has 2 heteroatoms. The van der Waals surface area contributed by atoms with Crippen LogP contribution in [0.3, 0.4) is 0 Å². The van der Waals surface area contributed by atoms with Crippen LogP contribution in [-0.4, -0.2) is 30.1 Å². The standard InChI is InChI=1S/C16H32N2/c1-5-6-7-8-9-10-11-12-13-18-14-17(4)15(2)16(18)3/h5-14H2,1-4H3. The van der Waals surface area contributed by atoms with E-state index in [9.17, 15) is 0 Å². The van der Waals surface area contributed by atoms with E-state index in [-0.39, 0.29) is 0 Å². The Kier molecular flexibility index (Phi) is 7.22. The molecule has 106 valence electrons. The summed E-state index contributed by atoms with van der Waals surface area (Å²) in [6.07, 6.45) is 11.3. The summed E-state index contributed by atoms with van der Waals surface area (Å²) in [5, 5.41) is 0. The SMILES string of the molecule is CCCCCCCCCCN1CN(C)C(C)=C1C. The molecule has 0 bridgehead atoms. The molecule has 0 saturated carbocycles. The molecule has 1 rings (SSSR count). The Morgan fingerprint density at radius 2 is 1.39 bits per heavy atom. The van der Waals surface area contributed by atoms with E-state index in [1.807, 2.05) is 0 Å². The highest BCUT2D eigenvalue weighted by Gasteiger charge is 2.19. The third kappa shape index (κ3) is 4.91. The smallest absolute Gasteiger partial charge is 0.0895 e. The van der Waals surface area contributed by atoms with E-state index in [0.717, 1.165) is 6.67 Å². The van der Waals surface area contributed by atoms with Crippen LogP contribution in [0, 0.1) is 0 Å². The van der Waals surface area contributed by atoms with Crippen molar-refractivity contribution in [2.24, 2.45) is 0 Å². The van der Waals surface area contributed by atoms with Gasteiger partial charge < -0.3 is 9.80 Å². The summed E-state index contributed by atoms with van der Waals surface area (Å²) < 4.78 is 0. The number of allylic oxidation sites excluding steroid dienone is 2. The van der Waals surface area contributed by atoms with Crippen molar-refractivity contribution in [1.29, 1.82) is 0 Å². The summed E-state index contributed by atoms with van der Waals surface area (Å²) >= 11 is 0. The molecule has 0 unspecified atom stereocenters. The highest BCUT2D eigenvalue weighted by atomic mass is 15.4. The quantitative estimate of drug-likeness (QED) is 0.554. The third-order valence-corrected chi connectivity index (χ3v) is 4.23. The molecule has 0 amide bonds. The monoisotopic (exact) mass is 252 g/mol. The van der Waals surface area contributed by atoms with E-state index in [4.69, 9.17) is 0 Å². The van der Waals surface area contributed by atoms with Crippen LogP contribution in [0.15, 0.2) is 11.4 Å². The van der Waals surface area contributed by atoms with E-state index in [2.05, 4.69) is 37.6 Å². The molecular formula is C16H32N2. The molecular weight excluding hydrogens is 220 g/mol. The fourth-order valence-electron chi connectivity index (χ4n) is 2.65. The number of rotatable bonds is 9. The molecule has 0 aromatic heterocycles. The van der Waals surface area contributed by atoms with Gasteiger partial charge in [-0.1, -0.05) is 51.9 Å². The minimum Gasteiger partial charge on any atom is -0.359 e. The van der Waals surface area contributed by atoms with E-state index in [0.29, 0.717) is 0 Å². The topological polar surface area (TPSA) is 6.48 Å². The molecule has 1 aliphatic heterocycles. The second-order valence-corrected chi connectivity index (χ2v) is 5.75. The second-order valence-electron chi connectivity index (χ2n) is 5.75. The van der Waals surface area contributed by atoms with E-state index < -0.39 is 0 Å². The molecule has 0 aromatic carbocycles. The summed E-state index contributed by atoms with van der Waals surface area (Å²) in [5.74, 6) is 0. The lowest BCUT2D eigenvalue weighted by atomic mass is 10.1. The van der Waals surface area contributed by atoms with Crippen LogP contribution in [0.2, 0.25) is 0 Å². The first kappa shape index (κ1) is 15.4. The molecule has 0 radical (unpaired) electrons. The molecule has 0 aliphatic carbocycles. The lowest BCUT2D eigenvalue weighted by Crippen LogP contribution is -2.25. The zero-order chi connectivity index (χ0) is 13.4. The predicted octanol–water partition coefficient (Wildman–Crippen LogP) is 4.58. The van der Waals surface area contributed by atoms with Crippen LogP contribution in [0.5, 0.6) is 0 Å². The molecule has 1 aliphatic rings. The molecule has 0 saturated heterocycles. The van der Waals surface area contributed by atoms with Crippen LogP contribution in [0.1, 0.15) is 72.1 Å². The van der Waals surface area contributed by atoms with Gasteiger partial charge in [0.05, 0.1) is 6.67 Å². The van der Waals surface area contributed by atoms with Gasteiger partial charge in [-0.2, -0.15) is 0 Å². The zero-order valence-corrected chi connectivity index (χ0v) is 13.0. The van der Waals surface area contributed by atoms with Crippen molar-refractivity contribution in [2.75, 3.05) is 20.3 Å². The third-order valence-electron chi connectivity index (χ3n) is 4.23. The number of nitrogens with zero attached hydrogens (tertiary/aromatic N) is 2. The molecule has 0 fully saturated rings. The van der Waals surface area contributed by atoms with Gasteiger partial charge in [0, 0.05) is 25.0 Å². The second kappa shape index (κ2) is 8.44. The van der Waals surface area contributed by atoms with Crippen molar-refractivity contribution in [2.45, 2.75) is 72.1 Å². The maximum absolute atomic E-state index is 2.52. The minimum absolute atomic E-state index is 1.09. The van der Waals surface area contributed by atoms with Crippen LogP contribution in [0.25, 0.3) is 0 Å². The Morgan fingerprint density at radius 1 is 0.833 bits per heavy atom. The molecule has 2 nitrogen and oxygen atoms in total. The molecule has 1 heterocycles. The molecule has 0 atom stereocenters. The zero-order valence-electron chi connectivity index (χ0n) is 13.0. The Labute approximate surface area is 114 Å². The summed E-state index contributed by atoms with van der Waals surface area (Å²) in [6.45, 7) is 9.09. The van der Waals surface area contributed by atoms with Crippen molar-refractivity contribution in [3.05, 3.63) is 11.4 Å². The van der Waals surface area contributed by atoms with Gasteiger partial charge in [0.25, 0.3) is 0 Å². The van der Waals surface area contributed by atoms with Crippen LogP contribution >= 0.6 is 0 Å². The molecule has 18 heavy (non-hydrogen) atoms. The lowest BCUT2D eigenvalue weighted by molar-refractivity contribution is 0.272. The highest BCUT2D eigenvalue weighted by Crippen LogP contribution is 2.21. The Bertz CT molecular complexity index is 258. The average molecular weight is 252 g/mol. The first-order valence-electron chi connectivity index (χ1n) is 7.80. The van der Waals surface area contributed by atoms with Gasteiger partial charge in [-0.15, -0.1) is 0 Å². The molecule has 0 spiro atoms. The summed E-state index contributed by atoms with van der Waals surface area (Å²) in [7, 11) is 2.19. The maximum Gasteiger partial charge on any atom is 0.0895 e. The lowest BCUT2D eigenvalue weighted by Gasteiger charge is -2.20. The van der Waals surface area contributed by atoms with Crippen LogP contribution < -0.4 is 0 Å². The van der Waals surface area contributed by atoms with Crippen molar-refractivity contribution in [1.82, 2.24) is 9.80 Å². The van der Waals surface area contributed by atoms with E-state index in [1.165, 1.54) is 69.3 Å². The Balaban J connectivity index is 1.99. The Hall–Kier alpha value is -0.660. The predicted molar refractivity (Wildman–Crippen MR) is 80.3 cm³/mol. The van der Waals surface area contributed by atoms with Gasteiger partial charge in [0.15, 0.2) is 0 Å². The van der Waals surface area contributed by atoms with Gasteiger partial charge in [0.2, 0.25) is 0 Å². The van der Waals surface area contributed by atoms with Gasteiger partial charge in [-0.25, -0.2) is 0 Å². The van der Waals surface area contributed by atoms with Crippen LogP contribution in [0.4, 0.5) is 0 Å². The minimum atomic E-state index is 1.09. The maximum atomic E-state index is 2.52. The van der Waals surface area contributed by atoms with Gasteiger partial charge in [-0.3, -0.25) is 0 Å². The summed E-state index contributed by atoms with van der Waals surface area (Å²) in [6, 6.07) is 0. The fourth-order valence-corrected chi connectivity index (χ4v) is 2.65. The summed E-state index contributed by atoms with van der Waals surface area (Å²) in [4.78, 5) is 4.87. The fraction of sp³-hybridized carbons (Fsp3) is 0.875. The van der Waals surface area contributed by atoms with Crippen molar-refractivity contribution >= 4 is 0 Å². The van der Waals surface area contributed by atoms with Gasteiger partial charge in [0.1, 0.15) is 0 Å². The largest absolute Gasteiger partial charge is 0.359 e. The average Bonchev–Trinajstić information content (AvgIpc) is 2.60. The van der Waals surface area contributed by atoms with Crippen molar-refractivity contribution in [3.8, 4) is 0 Å². The van der Waals surface area contributed by atoms with E-state index in [1.54, 1.807) is 0 Å². The number of hydrogen-bond donors (Lipinski definition) is 0. The normalized spacial score (nSPS) is 16.0. The Morgan fingerprint density at radius 3 is 1.89 bits per heavy atom. The number of unbranched alkanes of at least 4 members (excludes halogenated alkanes) is 7. The number of hydrogen-bond acceptors (Lipinski definition) is 2.